The maximum Gasteiger partial charge on any atom is 0.236 e. The van der Waals surface area contributed by atoms with Crippen molar-refractivity contribution in [2.45, 2.75) is 57.5 Å². The molecule has 4 aromatic rings. The van der Waals surface area contributed by atoms with Crippen molar-refractivity contribution in [3.8, 4) is 5.69 Å². The van der Waals surface area contributed by atoms with Crippen molar-refractivity contribution in [1.82, 2.24) is 19.6 Å². The summed E-state index contributed by atoms with van der Waals surface area (Å²) in [5.41, 5.74) is 8.87. The Morgan fingerprint density at radius 1 is 0.939 bits per heavy atom. The Hall–Kier alpha value is -4.68. The van der Waals surface area contributed by atoms with Gasteiger partial charge in [-0.15, -0.1) is 4.68 Å². The monoisotopic (exact) mass is 684 g/mol. The molecular weight excluding hydrogens is 637 g/mol. The van der Waals surface area contributed by atoms with Crippen LogP contribution in [0.1, 0.15) is 56.2 Å². The second-order valence-electron chi connectivity index (χ2n) is 12.9. The molecule has 12 heteroatoms. The summed E-state index contributed by atoms with van der Waals surface area (Å²) < 4.78 is 3.70. The summed E-state index contributed by atoms with van der Waals surface area (Å²) in [5.74, 6) is 0.901. The van der Waals surface area contributed by atoms with Crippen molar-refractivity contribution < 1.29 is 19.0 Å². The van der Waals surface area contributed by atoms with Crippen molar-refractivity contribution in [2.75, 3.05) is 56.1 Å². The van der Waals surface area contributed by atoms with Gasteiger partial charge in [-0.05, 0) is 53.9 Å². The Morgan fingerprint density at radius 3 is 2.04 bits per heavy atom. The van der Waals surface area contributed by atoms with Gasteiger partial charge < -0.3 is 32.2 Å². The van der Waals surface area contributed by atoms with E-state index in [0.29, 0.717) is 24.8 Å². The van der Waals surface area contributed by atoms with Crippen LogP contribution in [0.4, 0.5) is 17.1 Å². The summed E-state index contributed by atoms with van der Waals surface area (Å²) >= 11 is 5.47. The van der Waals surface area contributed by atoms with Gasteiger partial charge in [-0.3, -0.25) is 19.9 Å². The number of hydrogen-bond acceptors (Lipinski definition) is 8. The molecule has 49 heavy (non-hydrogen) atoms. The van der Waals surface area contributed by atoms with Crippen LogP contribution in [0.25, 0.3) is 5.69 Å². The first-order chi connectivity index (χ1) is 23.4. The van der Waals surface area contributed by atoms with Crippen molar-refractivity contribution in [2.24, 2.45) is 7.05 Å². The summed E-state index contributed by atoms with van der Waals surface area (Å²) in [6.07, 6.45) is 0.653. The van der Waals surface area contributed by atoms with Gasteiger partial charge in [0.2, 0.25) is 17.6 Å². The number of hydrogen-bond donors (Lipinski definition) is 1. The molecule has 1 fully saturated rings. The number of carbonyl (C=O) groups excluding carboxylic acids is 2. The zero-order chi connectivity index (χ0) is 35.4. The quantitative estimate of drug-likeness (QED) is 0.138. The normalized spacial score (nSPS) is 16.7. The fraction of sp³-hybridized carbons (Fsp3) is 0.405. The molecule has 0 saturated carbocycles. The molecule has 1 aliphatic heterocycles. The topological polar surface area (TPSA) is 90.1 Å². The highest BCUT2D eigenvalue weighted by Crippen LogP contribution is 2.43. The number of nitrogens with one attached hydrogen (secondary N) is 1. The van der Waals surface area contributed by atoms with Gasteiger partial charge in [0.25, 0.3) is 0 Å². The van der Waals surface area contributed by atoms with E-state index in [0.717, 1.165) is 46.1 Å². The first-order valence-electron chi connectivity index (χ1n) is 16.7. The molecule has 11 nitrogen and oxygen atoms in total. The highest BCUT2D eigenvalue weighted by molar-refractivity contribution is 7.58. The van der Waals surface area contributed by atoms with Crippen LogP contribution in [0.5, 0.6) is 0 Å². The summed E-state index contributed by atoms with van der Waals surface area (Å²) in [6.45, 7) is 8.85. The Kier molecular flexibility index (Phi) is 11.1. The van der Waals surface area contributed by atoms with Crippen LogP contribution in [0.3, 0.4) is 0 Å². The lowest BCUT2D eigenvalue weighted by Crippen LogP contribution is -2.53. The fourth-order valence-corrected chi connectivity index (χ4v) is 6.91. The summed E-state index contributed by atoms with van der Waals surface area (Å²) in [7, 11) is 7.92. The number of aryl methyl sites for hydroxylation is 1. The van der Waals surface area contributed by atoms with Gasteiger partial charge in [-0.2, -0.15) is 0 Å². The van der Waals surface area contributed by atoms with E-state index in [9.17, 15) is 9.59 Å². The zero-order valence-electron chi connectivity index (χ0n) is 29.8. The molecule has 0 bridgehead atoms. The Labute approximate surface area is 295 Å². The van der Waals surface area contributed by atoms with E-state index in [1.807, 2.05) is 96.8 Å². The standard InChI is InChI=1S/C37H48N8O3S/c1-9-34(48-39-30-15-12-18-33(23-30)45-25(2)42(8)38-37(45)49)24-41(7)32-17-11-14-29(22-32)36-35(28-13-10-16-31(21-28)40(5)6)43(26(3)46)19-20-44(36)27(4)47/h10-18,21-23,34-36,39H,9,19-20,24H2,1-8H3. The predicted octanol–water partition coefficient (Wildman–Crippen LogP) is 4.73. The third-order valence-corrected chi connectivity index (χ3v) is 9.61. The van der Waals surface area contributed by atoms with Gasteiger partial charge in [0.15, 0.2) is 5.16 Å². The molecular formula is C37H48N8O3S. The smallest absolute Gasteiger partial charge is 0.236 e. The van der Waals surface area contributed by atoms with E-state index in [4.69, 9.17) is 17.5 Å². The van der Waals surface area contributed by atoms with Crippen molar-refractivity contribution >= 4 is 41.5 Å². The molecule has 3 unspecified atom stereocenters. The van der Waals surface area contributed by atoms with Gasteiger partial charge in [0.1, 0.15) is 11.8 Å². The van der Waals surface area contributed by atoms with Crippen LogP contribution in [-0.2, 0) is 34.1 Å². The minimum atomic E-state index is -0.356. The van der Waals surface area contributed by atoms with E-state index in [2.05, 4.69) is 52.7 Å². The molecule has 0 aliphatic carbocycles. The summed E-state index contributed by atoms with van der Waals surface area (Å²) in [5, 5.41) is 4.85. The number of rotatable bonds is 11. The first-order valence-corrected chi connectivity index (χ1v) is 17.1. The molecule has 0 radical (unpaired) electrons. The molecule has 3 aromatic carbocycles. The first kappa shape index (κ1) is 35.6. The van der Waals surface area contributed by atoms with Gasteiger partial charge >= 0.3 is 0 Å². The summed E-state index contributed by atoms with van der Waals surface area (Å²) in [6, 6.07) is 23.7. The highest BCUT2D eigenvalue weighted by Gasteiger charge is 2.41. The number of aromatic nitrogens is 3. The van der Waals surface area contributed by atoms with E-state index in [1.54, 1.807) is 18.5 Å². The molecule has 0 spiro atoms. The lowest BCUT2D eigenvalue weighted by atomic mass is 9.88. The zero-order valence-corrected chi connectivity index (χ0v) is 30.6. The second-order valence-corrected chi connectivity index (χ2v) is 13.2. The molecule has 260 valence electrons. The molecule has 1 N–H and O–H groups in total. The molecule has 2 amide bonds. The molecule has 3 atom stereocenters. The van der Waals surface area contributed by atoms with Crippen LogP contribution >= 0.6 is 0 Å². The number of likely N-dealkylation sites (N-methyl/N-ethyl adjacent to an activating group) is 1. The van der Waals surface area contributed by atoms with Crippen molar-refractivity contribution in [1.29, 1.82) is 0 Å². The van der Waals surface area contributed by atoms with Crippen molar-refractivity contribution in [3.63, 3.8) is 0 Å². The van der Waals surface area contributed by atoms with Crippen molar-refractivity contribution in [3.05, 3.63) is 89.7 Å². The summed E-state index contributed by atoms with van der Waals surface area (Å²) in [4.78, 5) is 40.4. The number of amides is 2. The number of anilines is 3. The number of piperazine rings is 1. The van der Waals surface area contributed by atoms with E-state index in [-0.39, 0.29) is 30.0 Å². The molecule has 2 heterocycles. The molecule has 1 aliphatic rings. The lowest BCUT2D eigenvalue weighted by Gasteiger charge is -2.48. The van der Waals surface area contributed by atoms with Crippen LogP contribution in [0.2, 0.25) is 0 Å². The van der Waals surface area contributed by atoms with Crippen LogP contribution in [0.15, 0.2) is 78.0 Å². The minimum Gasteiger partial charge on any atom is -0.702 e. The number of benzene rings is 3. The van der Waals surface area contributed by atoms with Gasteiger partial charge in [-0.1, -0.05) is 37.3 Å². The van der Waals surface area contributed by atoms with Crippen LogP contribution in [-0.4, -0.2) is 78.3 Å². The van der Waals surface area contributed by atoms with Gasteiger partial charge in [-0.25, -0.2) is 4.57 Å². The SMILES string of the molecule is CCC(CN(C)c1cccc(C2C(c3cccc(N(C)C)c3)N(C(C)=O)CCN2C(C)=O)c1)ONc1cccc(-[n+]2c([S-])nn(C)c2C)c1. The average Bonchev–Trinajstić information content (AvgIpc) is 3.35. The maximum absolute atomic E-state index is 13.1. The lowest BCUT2D eigenvalue weighted by molar-refractivity contribution is -0.643. The Morgan fingerprint density at radius 2 is 1.51 bits per heavy atom. The third-order valence-electron chi connectivity index (χ3n) is 9.34. The van der Waals surface area contributed by atoms with E-state index >= 15 is 0 Å². The largest absolute Gasteiger partial charge is 0.702 e. The third kappa shape index (κ3) is 7.81. The highest BCUT2D eigenvalue weighted by atomic mass is 32.1. The van der Waals surface area contributed by atoms with Crippen LogP contribution < -0.4 is 19.8 Å². The van der Waals surface area contributed by atoms with E-state index < -0.39 is 0 Å². The van der Waals surface area contributed by atoms with Gasteiger partial charge in [0.05, 0.1) is 24.8 Å². The number of nitrogens with zero attached hydrogens (tertiary/aromatic N) is 7. The van der Waals surface area contributed by atoms with Gasteiger partial charge in [0, 0.05) is 84.1 Å². The Bertz CT molecular complexity index is 1790. The van der Waals surface area contributed by atoms with E-state index in [1.165, 1.54) is 0 Å². The molecule has 1 saturated heterocycles. The second kappa shape index (κ2) is 15.3. The predicted molar refractivity (Wildman–Crippen MR) is 195 cm³/mol. The molecule has 1 aromatic heterocycles. The average molecular weight is 685 g/mol. The fourth-order valence-electron chi connectivity index (χ4n) is 6.55. The maximum atomic E-state index is 13.1. The Balaban J connectivity index is 1.38. The minimum absolute atomic E-state index is 0.0125. The molecule has 5 rings (SSSR count). The van der Waals surface area contributed by atoms with Crippen LogP contribution in [0, 0.1) is 6.92 Å². The number of carbonyl (C=O) groups is 2.